The lowest BCUT2D eigenvalue weighted by Gasteiger charge is -2.32. The summed E-state index contributed by atoms with van der Waals surface area (Å²) in [5, 5.41) is 7.23. The third-order valence-electron chi connectivity index (χ3n) is 6.25. The summed E-state index contributed by atoms with van der Waals surface area (Å²) in [4.78, 5) is 28.4. The molecule has 1 aromatic heterocycles. The van der Waals surface area contributed by atoms with Gasteiger partial charge in [-0.15, -0.1) is 0 Å². The predicted octanol–water partition coefficient (Wildman–Crippen LogP) is 6.51. The normalized spacial score (nSPS) is 17.4. The van der Waals surface area contributed by atoms with Crippen LogP contribution >= 0.6 is 11.6 Å². The maximum Gasteiger partial charge on any atom is 0.268 e. The molecule has 170 valence electrons. The fraction of sp³-hybridized carbons (Fsp3) is 0.385. The first kappa shape index (κ1) is 23.9. The number of anilines is 1. The molecule has 3 N–H and O–H groups in total. The first-order valence-corrected chi connectivity index (χ1v) is 11.7. The Morgan fingerprint density at radius 1 is 1.09 bits per heavy atom. The van der Waals surface area contributed by atoms with Crippen molar-refractivity contribution in [2.45, 2.75) is 58.9 Å². The molecule has 0 saturated heterocycles. The maximum absolute atomic E-state index is 12.7. The van der Waals surface area contributed by atoms with Crippen molar-refractivity contribution in [3.63, 3.8) is 0 Å². The van der Waals surface area contributed by atoms with Crippen molar-refractivity contribution in [2.75, 3.05) is 5.32 Å². The van der Waals surface area contributed by atoms with Crippen LogP contribution in [0.1, 0.15) is 68.9 Å². The van der Waals surface area contributed by atoms with Crippen molar-refractivity contribution < 1.29 is 9.59 Å². The lowest BCUT2D eigenvalue weighted by atomic mass is 9.84. The van der Waals surface area contributed by atoms with Gasteiger partial charge in [0.25, 0.3) is 5.91 Å². The highest BCUT2D eigenvalue weighted by Crippen LogP contribution is 2.34. The third kappa shape index (κ3) is 5.33. The number of rotatable bonds is 5. The third-order valence-corrected chi connectivity index (χ3v) is 6.49. The molecule has 1 aliphatic heterocycles. The van der Waals surface area contributed by atoms with Crippen molar-refractivity contribution >= 4 is 40.0 Å². The van der Waals surface area contributed by atoms with E-state index in [1.807, 2.05) is 37.3 Å². The summed E-state index contributed by atoms with van der Waals surface area (Å²) >= 11 is 6.00. The van der Waals surface area contributed by atoms with E-state index in [0.717, 1.165) is 34.5 Å². The second-order valence-electron chi connectivity index (χ2n) is 8.38. The predicted molar refractivity (Wildman–Crippen MR) is 132 cm³/mol. The van der Waals surface area contributed by atoms with Gasteiger partial charge in [-0.1, -0.05) is 70.3 Å². The number of aromatic nitrogens is 1. The minimum atomic E-state index is -0.614. The fourth-order valence-electron chi connectivity index (χ4n) is 3.86. The van der Waals surface area contributed by atoms with Crippen molar-refractivity contribution in [1.82, 2.24) is 10.3 Å². The highest BCUT2D eigenvalue weighted by atomic mass is 35.5. The van der Waals surface area contributed by atoms with Gasteiger partial charge >= 0.3 is 0 Å². The minimum absolute atomic E-state index is 0.0669. The Bertz CT molecular complexity index is 1090. The zero-order chi connectivity index (χ0) is 23.3. The van der Waals surface area contributed by atoms with E-state index in [1.165, 1.54) is 12.8 Å². The van der Waals surface area contributed by atoms with Crippen molar-refractivity contribution in [3.8, 4) is 0 Å². The van der Waals surface area contributed by atoms with E-state index in [2.05, 4.69) is 36.4 Å². The van der Waals surface area contributed by atoms with Crippen LogP contribution in [0.3, 0.4) is 0 Å². The molecule has 2 atom stereocenters. The highest BCUT2D eigenvalue weighted by molar-refractivity contribution is 6.31. The van der Waals surface area contributed by atoms with Crippen LogP contribution in [-0.2, 0) is 4.79 Å². The van der Waals surface area contributed by atoms with Crippen LogP contribution in [0.5, 0.6) is 0 Å². The molecule has 3 aromatic rings. The van der Waals surface area contributed by atoms with E-state index in [1.54, 1.807) is 18.2 Å². The SMILES string of the molecule is CCC(C)CC.CC[C@H]1c2ccccc2NC(=O)[C@@H]1NC(=O)c1cc2cc(Cl)ccc2[nH]1. The standard InChI is InChI=1S/C20H18ClN3O2.C6H14/c1-2-13-14-5-3-4-6-16(14)23-20(26)18(13)24-19(25)17-10-11-9-12(21)7-8-15(11)22-17;1-4-6(3)5-2/h3-10,13,18,22H,2H2,1H3,(H,23,26)(H,24,25);6H,4-5H2,1-3H3/t13-,18+;/m0./s1. The molecule has 0 radical (unpaired) electrons. The zero-order valence-corrected chi connectivity index (χ0v) is 19.9. The first-order chi connectivity index (χ1) is 15.4. The van der Waals surface area contributed by atoms with Crippen molar-refractivity contribution in [1.29, 1.82) is 0 Å². The van der Waals surface area contributed by atoms with E-state index >= 15 is 0 Å². The lowest BCUT2D eigenvalue weighted by molar-refractivity contribution is -0.118. The summed E-state index contributed by atoms with van der Waals surface area (Å²) in [6, 6.07) is 14.2. The van der Waals surface area contributed by atoms with Crippen LogP contribution < -0.4 is 10.6 Å². The second-order valence-corrected chi connectivity index (χ2v) is 8.82. The van der Waals surface area contributed by atoms with E-state index in [-0.39, 0.29) is 17.7 Å². The van der Waals surface area contributed by atoms with Gasteiger partial charge in [-0.25, -0.2) is 0 Å². The molecular weight excluding hydrogens is 422 g/mol. The minimum Gasteiger partial charge on any atom is -0.351 e. The number of carbonyl (C=O) groups is 2. The van der Waals surface area contributed by atoms with Crippen LogP contribution in [0.15, 0.2) is 48.5 Å². The summed E-state index contributed by atoms with van der Waals surface area (Å²) in [7, 11) is 0. The number of carbonyl (C=O) groups excluding carboxylic acids is 2. The molecule has 6 heteroatoms. The Labute approximate surface area is 194 Å². The molecule has 2 heterocycles. The molecule has 5 nitrogen and oxygen atoms in total. The van der Waals surface area contributed by atoms with Crippen LogP contribution in [0.2, 0.25) is 5.02 Å². The molecule has 0 unspecified atom stereocenters. The number of nitrogens with one attached hydrogen (secondary N) is 3. The zero-order valence-electron chi connectivity index (χ0n) is 19.2. The van der Waals surface area contributed by atoms with Crippen LogP contribution in [0.25, 0.3) is 10.9 Å². The Kier molecular flexibility index (Phi) is 7.97. The van der Waals surface area contributed by atoms with Crippen molar-refractivity contribution in [2.24, 2.45) is 5.92 Å². The molecule has 2 aromatic carbocycles. The number of benzene rings is 2. The largest absolute Gasteiger partial charge is 0.351 e. The quantitative estimate of drug-likeness (QED) is 0.412. The van der Waals surface area contributed by atoms with E-state index in [9.17, 15) is 9.59 Å². The van der Waals surface area contributed by atoms with Gasteiger partial charge in [0.05, 0.1) is 0 Å². The molecule has 0 aliphatic carbocycles. The number of hydrogen-bond acceptors (Lipinski definition) is 2. The summed E-state index contributed by atoms with van der Waals surface area (Å²) in [6.45, 7) is 8.76. The number of H-pyrrole nitrogens is 1. The van der Waals surface area contributed by atoms with E-state index in [0.29, 0.717) is 10.7 Å². The average molecular weight is 454 g/mol. The van der Waals surface area contributed by atoms with Gasteiger partial charge in [0.1, 0.15) is 11.7 Å². The molecule has 32 heavy (non-hydrogen) atoms. The van der Waals surface area contributed by atoms with Gasteiger partial charge in [-0.2, -0.15) is 0 Å². The van der Waals surface area contributed by atoms with Gasteiger partial charge in [-0.3, -0.25) is 9.59 Å². The monoisotopic (exact) mass is 453 g/mol. The molecule has 0 spiro atoms. The van der Waals surface area contributed by atoms with Gasteiger partial charge in [0, 0.05) is 27.5 Å². The Balaban J connectivity index is 0.000000427. The highest BCUT2D eigenvalue weighted by Gasteiger charge is 2.35. The second kappa shape index (κ2) is 10.7. The summed E-state index contributed by atoms with van der Waals surface area (Å²) in [5.41, 5.74) is 3.09. The van der Waals surface area contributed by atoms with Gasteiger partial charge < -0.3 is 15.6 Å². The Hall–Kier alpha value is -2.79. The molecule has 4 rings (SSSR count). The van der Waals surface area contributed by atoms with Gasteiger partial charge in [-0.05, 0) is 48.2 Å². The topological polar surface area (TPSA) is 74.0 Å². The molecule has 0 saturated carbocycles. The number of amides is 2. The smallest absolute Gasteiger partial charge is 0.268 e. The number of halogens is 1. The van der Waals surface area contributed by atoms with Gasteiger partial charge in [0.15, 0.2) is 0 Å². The Morgan fingerprint density at radius 3 is 2.47 bits per heavy atom. The number of aromatic amines is 1. The number of para-hydroxylation sites is 1. The molecule has 0 bridgehead atoms. The van der Waals surface area contributed by atoms with Crippen molar-refractivity contribution in [3.05, 3.63) is 64.8 Å². The summed E-state index contributed by atoms with van der Waals surface area (Å²) < 4.78 is 0. The van der Waals surface area contributed by atoms with Crippen LogP contribution in [0, 0.1) is 5.92 Å². The van der Waals surface area contributed by atoms with E-state index < -0.39 is 6.04 Å². The molecule has 2 amide bonds. The number of hydrogen-bond donors (Lipinski definition) is 3. The van der Waals surface area contributed by atoms with Gasteiger partial charge in [0.2, 0.25) is 5.91 Å². The van der Waals surface area contributed by atoms with Crippen LogP contribution in [-0.4, -0.2) is 22.8 Å². The number of fused-ring (bicyclic) bond motifs is 2. The lowest BCUT2D eigenvalue weighted by Crippen LogP contribution is -2.50. The molecular formula is C26H32ClN3O2. The Morgan fingerprint density at radius 2 is 1.81 bits per heavy atom. The maximum atomic E-state index is 12.7. The molecule has 0 fully saturated rings. The first-order valence-electron chi connectivity index (χ1n) is 11.4. The summed E-state index contributed by atoms with van der Waals surface area (Å²) in [5.74, 6) is 0.367. The van der Waals surface area contributed by atoms with E-state index in [4.69, 9.17) is 11.6 Å². The average Bonchev–Trinajstić information content (AvgIpc) is 3.22. The molecule has 1 aliphatic rings. The fourth-order valence-corrected chi connectivity index (χ4v) is 4.04. The summed E-state index contributed by atoms with van der Waals surface area (Å²) in [6.07, 6.45) is 3.41. The van der Waals surface area contributed by atoms with Crippen LogP contribution in [0.4, 0.5) is 5.69 Å².